The molecule has 0 unspecified atom stereocenters. The second-order valence-corrected chi connectivity index (χ2v) is 7.23. The number of hydrogen-bond donors (Lipinski definition) is 1. The molecular formula is C11H20N4O3S. The highest BCUT2D eigenvalue weighted by Gasteiger charge is 2.32. The highest BCUT2D eigenvalue weighted by molar-refractivity contribution is 7.89. The zero-order valence-corrected chi connectivity index (χ0v) is 12.3. The first kappa shape index (κ1) is 14.4. The van der Waals surface area contributed by atoms with Crippen molar-refractivity contribution >= 4 is 10.0 Å². The quantitative estimate of drug-likeness (QED) is 0.857. The van der Waals surface area contributed by atoms with Crippen LogP contribution in [0, 0.1) is 0 Å². The zero-order chi connectivity index (χ0) is 14.3. The molecule has 1 saturated heterocycles. The van der Waals surface area contributed by atoms with Crippen LogP contribution in [-0.2, 0) is 20.3 Å². The highest BCUT2D eigenvalue weighted by atomic mass is 32.2. The number of rotatable bonds is 2. The van der Waals surface area contributed by atoms with E-state index >= 15 is 0 Å². The van der Waals surface area contributed by atoms with Gasteiger partial charge in [-0.15, -0.1) is 10.2 Å². The Labute approximate surface area is 113 Å². The topological polar surface area (TPSA) is 100 Å². The molecule has 0 atom stereocenters. The minimum Gasteiger partial charge on any atom is -0.381 e. The Bertz CT molecular complexity index is 553. The first-order chi connectivity index (χ1) is 8.71. The van der Waals surface area contributed by atoms with E-state index in [0.717, 1.165) is 12.8 Å². The Morgan fingerprint density at radius 3 is 2.32 bits per heavy atom. The number of ether oxygens (including phenoxy) is 1. The van der Waals surface area contributed by atoms with Gasteiger partial charge in [0.05, 0.1) is 0 Å². The summed E-state index contributed by atoms with van der Waals surface area (Å²) >= 11 is 0. The number of primary sulfonamides is 1. The largest absolute Gasteiger partial charge is 0.381 e. The predicted molar refractivity (Wildman–Crippen MR) is 69.2 cm³/mol. The van der Waals surface area contributed by atoms with E-state index < -0.39 is 15.6 Å². The molecule has 2 heterocycles. The van der Waals surface area contributed by atoms with Gasteiger partial charge in [0.15, 0.2) is 0 Å². The van der Waals surface area contributed by atoms with Crippen LogP contribution in [-0.4, -0.2) is 36.4 Å². The van der Waals surface area contributed by atoms with Gasteiger partial charge < -0.3 is 4.74 Å². The smallest absolute Gasteiger partial charge is 0.273 e. The van der Waals surface area contributed by atoms with Gasteiger partial charge in [0.1, 0.15) is 5.82 Å². The molecule has 1 aromatic rings. The van der Waals surface area contributed by atoms with E-state index in [0.29, 0.717) is 19.0 Å². The lowest BCUT2D eigenvalue weighted by molar-refractivity contribution is 0.0815. The molecule has 1 aliphatic heterocycles. The summed E-state index contributed by atoms with van der Waals surface area (Å²) in [6.07, 6.45) is 1.64. The van der Waals surface area contributed by atoms with Crippen LogP contribution in [0.3, 0.4) is 0 Å². The maximum absolute atomic E-state index is 11.6. The number of sulfonamides is 1. The van der Waals surface area contributed by atoms with Crippen LogP contribution in [0.25, 0.3) is 0 Å². The summed E-state index contributed by atoms with van der Waals surface area (Å²) in [6.45, 7) is 7.05. The van der Waals surface area contributed by atoms with E-state index in [2.05, 4.69) is 10.2 Å². The molecular weight excluding hydrogens is 268 g/mol. The van der Waals surface area contributed by atoms with Crippen LogP contribution >= 0.6 is 0 Å². The van der Waals surface area contributed by atoms with Gasteiger partial charge in [0.25, 0.3) is 15.2 Å². The molecule has 2 rings (SSSR count). The van der Waals surface area contributed by atoms with Gasteiger partial charge in [0, 0.05) is 24.7 Å². The Balaban J connectivity index is 2.53. The van der Waals surface area contributed by atoms with Crippen LogP contribution in [0.5, 0.6) is 0 Å². The molecule has 2 N–H and O–H groups in total. The maximum atomic E-state index is 11.6. The fourth-order valence-electron chi connectivity index (χ4n) is 2.32. The minimum atomic E-state index is -3.88. The van der Waals surface area contributed by atoms with E-state index in [1.165, 1.54) is 0 Å². The summed E-state index contributed by atoms with van der Waals surface area (Å²) in [5.74, 6) is 0.843. The van der Waals surface area contributed by atoms with Gasteiger partial charge in [-0.1, -0.05) is 0 Å². The molecule has 7 nitrogen and oxygen atoms in total. The van der Waals surface area contributed by atoms with Crippen LogP contribution in [0.2, 0.25) is 0 Å². The van der Waals surface area contributed by atoms with Crippen molar-refractivity contribution in [3.05, 3.63) is 5.82 Å². The zero-order valence-electron chi connectivity index (χ0n) is 11.5. The van der Waals surface area contributed by atoms with Crippen LogP contribution in [0.1, 0.15) is 45.4 Å². The fraction of sp³-hybridized carbons (Fsp3) is 0.818. The van der Waals surface area contributed by atoms with Crippen molar-refractivity contribution in [1.29, 1.82) is 0 Å². The van der Waals surface area contributed by atoms with Crippen LogP contribution in [0.15, 0.2) is 5.16 Å². The molecule has 108 valence electrons. The van der Waals surface area contributed by atoms with Crippen molar-refractivity contribution in [1.82, 2.24) is 14.8 Å². The molecule has 1 aliphatic rings. The molecule has 0 saturated carbocycles. The summed E-state index contributed by atoms with van der Waals surface area (Å²) in [5, 5.41) is 12.9. The number of nitrogens with two attached hydrogens (primary N) is 1. The molecule has 0 radical (unpaired) electrons. The van der Waals surface area contributed by atoms with Crippen molar-refractivity contribution < 1.29 is 13.2 Å². The third kappa shape index (κ3) is 2.96. The molecule has 0 amide bonds. The van der Waals surface area contributed by atoms with Crippen molar-refractivity contribution in [3.63, 3.8) is 0 Å². The minimum absolute atomic E-state index is 0.163. The van der Waals surface area contributed by atoms with Gasteiger partial charge in [-0.25, -0.2) is 13.6 Å². The average Bonchev–Trinajstić information content (AvgIpc) is 2.74. The Morgan fingerprint density at radius 2 is 1.84 bits per heavy atom. The van der Waals surface area contributed by atoms with E-state index in [1.54, 1.807) is 4.57 Å². The van der Waals surface area contributed by atoms with Gasteiger partial charge in [-0.3, -0.25) is 4.57 Å². The summed E-state index contributed by atoms with van der Waals surface area (Å²) in [7, 11) is -3.88. The Hall–Kier alpha value is -0.990. The Morgan fingerprint density at radius 1 is 1.26 bits per heavy atom. The first-order valence-corrected chi connectivity index (χ1v) is 7.82. The monoisotopic (exact) mass is 288 g/mol. The van der Waals surface area contributed by atoms with Crippen molar-refractivity contribution in [2.45, 2.75) is 50.2 Å². The van der Waals surface area contributed by atoms with E-state index in [9.17, 15) is 8.42 Å². The third-order valence-corrected chi connectivity index (χ3v) is 3.94. The highest BCUT2D eigenvalue weighted by Crippen LogP contribution is 2.30. The van der Waals surface area contributed by atoms with E-state index in [4.69, 9.17) is 9.88 Å². The van der Waals surface area contributed by atoms with Crippen LogP contribution < -0.4 is 5.14 Å². The van der Waals surface area contributed by atoms with Gasteiger partial charge in [0.2, 0.25) is 0 Å². The number of hydrogen-bond acceptors (Lipinski definition) is 5. The summed E-state index contributed by atoms with van der Waals surface area (Å²) < 4.78 is 30.2. The van der Waals surface area contributed by atoms with Gasteiger partial charge in [-0.05, 0) is 33.6 Å². The van der Waals surface area contributed by atoms with Gasteiger partial charge in [-0.2, -0.15) is 0 Å². The SMILES string of the molecule is CC(C)(C)n1c(C2CCOCC2)nnc1S(N)(=O)=O. The van der Waals surface area contributed by atoms with Crippen molar-refractivity contribution in [3.8, 4) is 0 Å². The van der Waals surface area contributed by atoms with Gasteiger partial charge >= 0.3 is 0 Å². The molecule has 8 heteroatoms. The number of aromatic nitrogens is 3. The van der Waals surface area contributed by atoms with Crippen molar-refractivity contribution in [2.75, 3.05) is 13.2 Å². The second kappa shape index (κ2) is 4.84. The summed E-state index contributed by atoms with van der Waals surface area (Å²) in [4.78, 5) is 0. The standard InChI is InChI=1S/C11H20N4O3S/c1-11(2,3)15-9(8-4-6-18-7-5-8)13-14-10(15)19(12,16)17/h8H,4-7H2,1-3H3,(H2,12,16,17). The summed E-state index contributed by atoms with van der Waals surface area (Å²) in [6, 6.07) is 0. The molecule has 1 fully saturated rings. The molecule has 0 aliphatic carbocycles. The third-order valence-electron chi connectivity index (χ3n) is 3.17. The van der Waals surface area contributed by atoms with E-state index in [-0.39, 0.29) is 11.1 Å². The molecule has 0 bridgehead atoms. The number of nitrogens with zero attached hydrogens (tertiary/aromatic N) is 3. The lowest BCUT2D eigenvalue weighted by Crippen LogP contribution is -2.31. The first-order valence-electron chi connectivity index (χ1n) is 6.27. The lowest BCUT2D eigenvalue weighted by Gasteiger charge is -2.28. The normalized spacial score (nSPS) is 18.7. The Kier molecular flexibility index (Phi) is 3.67. The molecule has 19 heavy (non-hydrogen) atoms. The lowest BCUT2D eigenvalue weighted by atomic mass is 9.98. The maximum Gasteiger partial charge on any atom is 0.273 e. The predicted octanol–water partition coefficient (Wildman–Crippen LogP) is 0.575. The average molecular weight is 288 g/mol. The molecule has 1 aromatic heterocycles. The molecule has 0 aromatic carbocycles. The summed E-state index contributed by atoms with van der Waals surface area (Å²) in [5.41, 5.74) is -0.446. The van der Waals surface area contributed by atoms with Crippen LogP contribution in [0.4, 0.5) is 0 Å². The molecule has 0 spiro atoms. The fourth-order valence-corrected chi connectivity index (χ4v) is 3.09. The second-order valence-electron chi connectivity index (χ2n) is 5.78. The van der Waals surface area contributed by atoms with Crippen molar-refractivity contribution in [2.24, 2.45) is 5.14 Å². The van der Waals surface area contributed by atoms with E-state index in [1.807, 2.05) is 20.8 Å².